The third kappa shape index (κ3) is 4.70. The van der Waals surface area contributed by atoms with Gasteiger partial charge in [0, 0.05) is 19.1 Å². The predicted octanol–water partition coefficient (Wildman–Crippen LogP) is 4.15. The minimum atomic E-state index is -1.09. The highest BCUT2D eigenvalue weighted by Crippen LogP contribution is 2.33. The van der Waals surface area contributed by atoms with Crippen molar-refractivity contribution >= 4 is 18.0 Å². The van der Waals surface area contributed by atoms with E-state index in [0.717, 1.165) is 5.56 Å². The lowest BCUT2D eigenvalue weighted by molar-refractivity contribution is -0.133. The van der Waals surface area contributed by atoms with Crippen LogP contribution in [0.4, 0.5) is 9.59 Å². The molecule has 0 aliphatic carbocycles. The average Bonchev–Trinajstić information content (AvgIpc) is 2.89. The zero-order valence-corrected chi connectivity index (χ0v) is 19.7. The summed E-state index contributed by atoms with van der Waals surface area (Å²) in [6.45, 7) is 14.6. The van der Waals surface area contributed by atoms with E-state index in [2.05, 4.69) is 26.1 Å². The van der Waals surface area contributed by atoms with E-state index in [4.69, 9.17) is 4.74 Å². The Bertz CT molecular complexity index is 858. The molecule has 0 radical (unpaired) electrons. The first kappa shape index (κ1) is 23.1. The SMILES string of the molecule is CC(C)(C)OC(=O)N1CCC(N2C(=O)NC(C)(c3ccc(C(C)(C)C)cc3)C2=O)CC1. The molecule has 31 heavy (non-hydrogen) atoms. The molecule has 0 spiro atoms. The highest BCUT2D eigenvalue weighted by atomic mass is 16.6. The number of nitrogens with zero attached hydrogens (tertiary/aromatic N) is 2. The number of urea groups is 1. The van der Waals surface area contributed by atoms with Gasteiger partial charge in [0.1, 0.15) is 11.1 Å². The lowest BCUT2D eigenvalue weighted by Gasteiger charge is -2.36. The van der Waals surface area contributed by atoms with Crippen molar-refractivity contribution in [1.82, 2.24) is 15.1 Å². The summed E-state index contributed by atoms with van der Waals surface area (Å²) < 4.78 is 5.43. The monoisotopic (exact) mass is 429 g/mol. The summed E-state index contributed by atoms with van der Waals surface area (Å²) in [6.07, 6.45) is 0.724. The summed E-state index contributed by atoms with van der Waals surface area (Å²) in [5, 5.41) is 2.90. The Hall–Kier alpha value is -2.57. The van der Waals surface area contributed by atoms with Gasteiger partial charge in [-0.25, -0.2) is 9.59 Å². The lowest BCUT2D eigenvalue weighted by Crippen LogP contribution is -2.50. The molecule has 1 aromatic carbocycles. The van der Waals surface area contributed by atoms with Gasteiger partial charge in [-0.1, -0.05) is 45.0 Å². The van der Waals surface area contributed by atoms with Gasteiger partial charge in [-0.2, -0.15) is 0 Å². The van der Waals surface area contributed by atoms with Gasteiger partial charge >= 0.3 is 12.1 Å². The number of imide groups is 1. The molecule has 4 amide bonds. The maximum atomic E-state index is 13.4. The Labute approximate surface area is 185 Å². The molecule has 2 aliphatic rings. The number of ether oxygens (including phenoxy) is 1. The Balaban J connectivity index is 1.70. The lowest BCUT2D eigenvalue weighted by atomic mass is 9.84. The number of piperidine rings is 1. The van der Waals surface area contributed by atoms with E-state index in [1.54, 1.807) is 11.8 Å². The number of carbonyl (C=O) groups excluding carboxylic acids is 3. The highest BCUT2D eigenvalue weighted by molar-refractivity contribution is 6.07. The first-order chi connectivity index (χ1) is 14.2. The summed E-state index contributed by atoms with van der Waals surface area (Å²) >= 11 is 0. The van der Waals surface area contributed by atoms with Gasteiger partial charge in [0.05, 0.1) is 0 Å². The van der Waals surface area contributed by atoms with Crippen molar-refractivity contribution in [3.05, 3.63) is 35.4 Å². The van der Waals surface area contributed by atoms with Crippen molar-refractivity contribution in [3.63, 3.8) is 0 Å². The van der Waals surface area contributed by atoms with Gasteiger partial charge in [0.25, 0.3) is 5.91 Å². The largest absolute Gasteiger partial charge is 0.444 e. The molecule has 2 heterocycles. The Morgan fingerprint density at radius 3 is 2.06 bits per heavy atom. The van der Waals surface area contributed by atoms with Gasteiger partial charge in [-0.05, 0) is 57.1 Å². The quantitative estimate of drug-likeness (QED) is 0.717. The molecule has 170 valence electrons. The Morgan fingerprint density at radius 1 is 1.03 bits per heavy atom. The minimum absolute atomic E-state index is 0.0104. The zero-order chi connectivity index (χ0) is 23.2. The first-order valence-corrected chi connectivity index (χ1v) is 11.0. The number of carbonyl (C=O) groups is 3. The fraction of sp³-hybridized carbons (Fsp3) is 0.625. The molecule has 7 heteroatoms. The molecule has 0 bridgehead atoms. The van der Waals surface area contributed by atoms with Crippen molar-refractivity contribution in [2.24, 2.45) is 0 Å². The second-order valence-corrected chi connectivity index (χ2v) is 10.8. The molecular weight excluding hydrogens is 394 g/mol. The molecule has 2 saturated heterocycles. The van der Waals surface area contributed by atoms with E-state index in [1.807, 2.05) is 45.0 Å². The molecule has 1 N–H and O–H groups in total. The topological polar surface area (TPSA) is 79.0 Å². The van der Waals surface area contributed by atoms with Crippen molar-refractivity contribution in [1.29, 1.82) is 0 Å². The van der Waals surface area contributed by atoms with Crippen LogP contribution in [0.3, 0.4) is 0 Å². The summed E-state index contributed by atoms with van der Waals surface area (Å²) in [5.41, 5.74) is 0.311. The fourth-order valence-electron chi connectivity index (χ4n) is 4.12. The molecule has 2 aliphatic heterocycles. The van der Waals surface area contributed by atoms with Crippen molar-refractivity contribution in [2.45, 2.75) is 83.9 Å². The van der Waals surface area contributed by atoms with E-state index in [0.29, 0.717) is 25.9 Å². The second kappa shape index (κ2) is 7.84. The van der Waals surface area contributed by atoms with Crippen LogP contribution in [0.2, 0.25) is 0 Å². The molecule has 0 saturated carbocycles. The van der Waals surface area contributed by atoms with Crippen LogP contribution >= 0.6 is 0 Å². The molecule has 0 aromatic heterocycles. The van der Waals surface area contributed by atoms with Crippen molar-refractivity contribution in [2.75, 3.05) is 13.1 Å². The normalized spacial score (nSPS) is 23.2. The smallest absolute Gasteiger partial charge is 0.410 e. The van der Waals surface area contributed by atoms with Gasteiger partial charge < -0.3 is 15.0 Å². The fourth-order valence-corrected chi connectivity index (χ4v) is 4.12. The number of rotatable bonds is 2. The summed E-state index contributed by atoms with van der Waals surface area (Å²) in [6, 6.07) is 7.27. The van der Waals surface area contributed by atoms with E-state index in [-0.39, 0.29) is 29.5 Å². The number of nitrogens with one attached hydrogen (secondary N) is 1. The molecule has 2 fully saturated rings. The third-order valence-corrected chi connectivity index (χ3v) is 6.03. The second-order valence-electron chi connectivity index (χ2n) is 10.8. The van der Waals surface area contributed by atoms with E-state index >= 15 is 0 Å². The Kier molecular flexibility index (Phi) is 5.84. The number of hydrogen-bond donors (Lipinski definition) is 1. The summed E-state index contributed by atoms with van der Waals surface area (Å²) in [5.74, 6) is -0.239. The van der Waals surface area contributed by atoms with E-state index in [9.17, 15) is 14.4 Å². The standard InChI is InChI=1S/C24H35N3O4/c1-22(2,3)16-8-10-17(11-9-16)24(7)19(28)27(20(29)25-24)18-12-14-26(15-13-18)21(30)31-23(4,5)6/h8-11,18H,12-15H2,1-7H3,(H,25,29). The van der Waals surface area contributed by atoms with Crippen molar-refractivity contribution < 1.29 is 19.1 Å². The predicted molar refractivity (Wildman–Crippen MR) is 119 cm³/mol. The van der Waals surface area contributed by atoms with Crippen LogP contribution in [0.1, 0.15) is 72.4 Å². The molecule has 7 nitrogen and oxygen atoms in total. The third-order valence-electron chi connectivity index (χ3n) is 6.03. The van der Waals surface area contributed by atoms with Crippen LogP contribution in [0.5, 0.6) is 0 Å². The van der Waals surface area contributed by atoms with Crippen LogP contribution in [0.25, 0.3) is 0 Å². The van der Waals surface area contributed by atoms with E-state index in [1.165, 1.54) is 10.5 Å². The number of likely N-dealkylation sites (tertiary alicyclic amines) is 1. The first-order valence-electron chi connectivity index (χ1n) is 11.0. The maximum absolute atomic E-state index is 13.4. The van der Waals surface area contributed by atoms with Crippen LogP contribution < -0.4 is 5.32 Å². The number of hydrogen-bond acceptors (Lipinski definition) is 4. The molecule has 1 unspecified atom stereocenters. The summed E-state index contributed by atoms with van der Waals surface area (Å²) in [7, 11) is 0. The van der Waals surface area contributed by atoms with Crippen molar-refractivity contribution in [3.8, 4) is 0 Å². The van der Waals surface area contributed by atoms with Crippen LogP contribution in [0, 0.1) is 0 Å². The Morgan fingerprint density at radius 2 is 1.58 bits per heavy atom. The van der Waals surface area contributed by atoms with Gasteiger partial charge in [0.15, 0.2) is 0 Å². The zero-order valence-electron chi connectivity index (χ0n) is 19.7. The molecule has 3 rings (SSSR count). The maximum Gasteiger partial charge on any atom is 0.410 e. The number of benzene rings is 1. The highest BCUT2D eigenvalue weighted by Gasteiger charge is 2.51. The van der Waals surface area contributed by atoms with Crippen LogP contribution in [0.15, 0.2) is 24.3 Å². The average molecular weight is 430 g/mol. The number of amides is 4. The van der Waals surface area contributed by atoms with E-state index < -0.39 is 11.1 Å². The molecular formula is C24H35N3O4. The minimum Gasteiger partial charge on any atom is -0.444 e. The molecule has 1 atom stereocenters. The van der Waals surface area contributed by atoms with Gasteiger partial charge in [0.2, 0.25) is 0 Å². The van der Waals surface area contributed by atoms with Gasteiger partial charge in [-0.15, -0.1) is 0 Å². The van der Waals surface area contributed by atoms with Gasteiger partial charge in [-0.3, -0.25) is 9.69 Å². The van der Waals surface area contributed by atoms with Crippen LogP contribution in [-0.2, 0) is 20.5 Å². The summed E-state index contributed by atoms with van der Waals surface area (Å²) in [4.78, 5) is 41.4. The van der Waals surface area contributed by atoms with Crippen LogP contribution in [-0.4, -0.2) is 52.6 Å². The molecule has 1 aromatic rings.